The average molecular weight is 285 g/mol. The van der Waals surface area contributed by atoms with Crippen LogP contribution in [-0.2, 0) is 0 Å². The largest absolute Gasteiger partial charge is 0.391 e. The van der Waals surface area contributed by atoms with Gasteiger partial charge in [-0.2, -0.15) is 0 Å². The number of likely N-dealkylation sites (tertiary alicyclic amines) is 1. The lowest BCUT2D eigenvalue weighted by Crippen LogP contribution is -2.49. The van der Waals surface area contributed by atoms with Crippen molar-refractivity contribution in [3.8, 4) is 0 Å². The molecule has 0 radical (unpaired) electrons. The third-order valence-corrected chi connectivity index (χ3v) is 3.81. The van der Waals surface area contributed by atoms with Crippen LogP contribution in [-0.4, -0.2) is 54.4 Å². The minimum atomic E-state index is -0.536. The third kappa shape index (κ3) is 6.57. The predicted molar refractivity (Wildman–Crippen MR) is 81.7 cm³/mol. The number of aliphatic hydroxyl groups excluding tert-OH is 1. The lowest BCUT2D eigenvalue weighted by molar-refractivity contribution is 0.0648. The van der Waals surface area contributed by atoms with Crippen LogP contribution in [0.15, 0.2) is 0 Å². The zero-order chi connectivity index (χ0) is 15.2. The van der Waals surface area contributed by atoms with Gasteiger partial charge in [-0.05, 0) is 38.3 Å². The number of nitrogens with zero attached hydrogens (tertiary/aromatic N) is 1. The van der Waals surface area contributed by atoms with Crippen LogP contribution in [0.5, 0.6) is 0 Å². The summed E-state index contributed by atoms with van der Waals surface area (Å²) in [6.07, 6.45) is 3.31. The maximum atomic E-state index is 11.8. The number of nitrogens with one attached hydrogen (secondary N) is 2. The maximum absolute atomic E-state index is 11.8. The van der Waals surface area contributed by atoms with E-state index in [-0.39, 0.29) is 24.0 Å². The molecule has 3 N–H and O–H groups in total. The zero-order valence-corrected chi connectivity index (χ0v) is 13.4. The van der Waals surface area contributed by atoms with Crippen molar-refractivity contribution in [1.29, 1.82) is 0 Å². The lowest BCUT2D eigenvalue weighted by atomic mass is 9.89. The Hall–Kier alpha value is -0.810. The highest BCUT2D eigenvalue weighted by atomic mass is 16.3. The van der Waals surface area contributed by atoms with Gasteiger partial charge in [0.2, 0.25) is 0 Å². The third-order valence-electron chi connectivity index (χ3n) is 3.81. The molecule has 0 saturated carbocycles. The van der Waals surface area contributed by atoms with Gasteiger partial charge in [-0.15, -0.1) is 0 Å². The zero-order valence-electron chi connectivity index (χ0n) is 13.4. The van der Waals surface area contributed by atoms with E-state index in [1.54, 1.807) is 0 Å². The van der Waals surface area contributed by atoms with E-state index in [9.17, 15) is 9.90 Å². The number of aliphatic hydroxyl groups is 1. The maximum Gasteiger partial charge on any atom is 0.315 e. The van der Waals surface area contributed by atoms with E-state index in [1.165, 1.54) is 19.3 Å². The fourth-order valence-electron chi connectivity index (χ4n) is 2.35. The topological polar surface area (TPSA) is 64.6 Å². The molecule has 118 valence electrons. The number of carbonyl (C=O) groups excluding carboxylic acids is 1. The summed E-state index contributed by atoms with van der Waals surface area (Å²) in [6, 6.07) is -0.0716. The van der Waals surface area contributed by atoms with Crippen molar-refractivity contribution in [3.05, 3.63) is 0 Å². The molecule has 0 aliphatic carbocycles. The molecular weight excluding hydrogens is 254 g/mol. The summed E-state index contributed by atoms with van der Waals surface area (Å²) in [4.78, 5) is 14.2. The van der Waals surface area contributed by atoms with Gasteiger partial charge in [-0.3, -0.25) is 0 Å². The van der Waals surface area contributed by atoms with Crippen LogP contribution in [0.3, 0.4) is 0 Å². The van der Waals surface area contributed by atoms with E-state index in [0.29, 0.717) is 0 Å². The van der Waals surface area contributed by atoms with Gasteiger partial charge in [0.1, 0.15) is 0 Å². The minimum Gasteiger partial charge on any atom is -0.391 e. The Morgan fingerprint density at radius 2 is 1.85 bits per heavy atom. The standard InChI is InChI=1S/C15H31N3O2/c1-12(11-18-8-6-5-7-9-18)17-14(20)16-10-13(19)15(2,3)4/h12-13,19H,5-11H2,1-4H3,(H2,16,17,20). The van der Waals surface area contributed by atoms with Crippen LogP contribution in [0, 0.1) is 5.41 Å². The first-order valence-corrected chi connectivity index (χ1v) is 7.74. The van der Waals surface area contributed by atoms with Crippen molar-refractivity contribution in [1.82, 2.24) is 15.5 Å². The van der Waals surface area contributed by atoms with E-state index in [4.69, 9.17) is 0 Å². The number of amides is 2. The number of piperidine rings is 1. The molecule has 1 fully saturated rings. The Morgan fingerprint density at radius 1 is 1.25 bits per heavy atom. The first kappa shape index (κ1) is 17.2. The van der Waals surface area contributed by atoms with Crippen LogP contribution in [0.1, 0.15) is 47.0 Å². The minimum absolute atomic E-state index is 0.125. The normalized spacial score (nSPS) is 20.2. The first-order valence-electron chi connectivity index (χ1n) is 7.74. The average Bonchev–Trinajstić information content (AvgIpc) is 2.35. The van der Waals surface area contributed by atoms with Gasteiger partial charge < -0.3 is 20.6 Å². The van der Waals surface area contributed by atoms with Crippen LogP contribution in [0.2, 0.25) is 0 Å². The second-order valence-electron chi connectivity index (χ2n) is 7.00. The highest BCUT2D eigenvalue weighted by Crippen LogP contribution is 2.18. The van der Waals surface area contributed by atoms with Gasteiger partial charge in [0.25, 0.3) is 0 Å². The first-order chi connectivity index (χ1) is 9.29. The number of hydrogen-bond acceptors (Lipinski definition) is 3. The summed E-state index contributed by atoms with van der Waals surface area (Å²) >= 11 is 0. The molecule has 0 aromatic heterocycles. The molecule has 5 nitrogen and oxygen atoms in total. The van der Waals surface area contributed by atoms with Crippen molar-refractivity contribution in [3.63, 3.8) is 0 Å². The van der Waals surface area contributed by atoms with Crippen LogP contribution >= 0.6 is 0 Å². The Morgan fingerprint density at radius 3 is 2.40 bits per heavy atom. The fraction of sp³-hybridized carbons (Fsp3) is 0.933. The van der Waals surface area contributed by atoms with Crippen LogP contribution in [0.25, 0.3) is 0 Å². The molecule has 2 amide bonds. The van der Waals surface area contributed by atoms with Gasteiger partial charge in [-0.1, -0.05) is 27.2 Å². The molecule has 0 aromatic rings. The Balaban J connectivity index is 2.20. The summed E-state index contributed by atoms with van der Waals surface area (Å²) in [5.74, 6) is 0. The van der Waals surface area contributed by atoms with Crippen molar-refractivity contribution in [2.45, 2.75) is 59.1 Å². The van der Waals surface area contributed by atoms with Gasteiger partial charge in [0.15, 0.2) is 0 Å². The van der Waals surface area contributed by atoms with E-state index in [1.807, 2.05) is 27.7 Å². The molecule has 2 unspecified atom stereocenters. The van der Waals surface area contributed by atoms with E-state index < -0.39 is 6.10 Å². The van der Waals surface area contributed by atoms with E-state index in [0.717, 1.165) is 19.6 Å². The van der Waals surface area contributed by atoms with Crippen LogP contribution < -0.4 is 10.6 Å². The second-order valence-corrected chi connectivity index (χ2v) is 7.00. The van der Waals surface area contributed by atoms with Crippen molar-refractivity contribution in [2.75, 3.05) is 26.2 Å². The van der Waals surface area contributed by atoms with E-state index >= 15 is 0 Å². The van der Waals surface area contributed by atoms with Gasteiger partial charge in [0.05, 0.1) is 6.10 Å². The number of rotatable bonds is 5. The Kier molecular flexibility index (Phi) is 6.76. The monoisotopic (exact) mass is 285 g/mol. The molecular formula is C15H31N3O2. The quantitative estimate of drug-likeness (QED) is 0.718. The molecule has 1 saturated heterocycles. The number of hydrogen-bond donors (Lipinski definition) is 3. The summed E-state index contributed by atoms with van der Waals surface area (Å²) in [6.45, 7) is 11.3. The molecule has 0 spiro atoms. The smallest absolute Gasteiger partial charge is 0.315 e. The highest BCUT2D eigenvalue weighted by Gasteiger charge is 2.22. The fourth-order valence-corrected chi connectivity index (χ4v) is 2.35. The SMILES string of the molecule is CC(CN1CCCCC1)NC(=O)NCC(O)C(C)(C)C. The summed E-state index contributed by atoms with van der Waals surface area (Å²) in [7, 11) is 0. The summed E-state index contributed by atoms with van der Waals surface area (Å²) in [5, 5.41) is 15.5. The molecule has 2 atom stereocenters. The van der Waals surface area contributed by atoms with Gasteiger partial charge in [0, 0.05) is 19.1 Å². The molecule has 1 rings (SSSR count). The highest BCUT2D eigenvalue weighted by molar-refractivity contribution is 5.74. The molecule has 20 heavy (non-hydrogen) atoms. The van der Waals surface area contributed by atoms with Crippen molar-refractivity contribution in [2.24, 2.45) is 5.41 Å². The van der Waals surface area contributed by atoms with E-state index in [2.05, 4.69) is 15.5 Å². The molecule has 1 aliphatic rings. The Labute approximate surface area is 123 Å². The second kappa shape index (κ2) is 7.84. The molecule has 0 aromatic carbocycles. The number of urea groups is 1. The number of carbonyl (C=O) groups is 1. The van der Waals surface area contributed by atoms with Crippen molar-refractivity contribution < 1.29 is 9.90 Å². The molecule has 5 heteroatoms. The summed E-state index contributed by atoms with van der Waals surface area (Å²) in [5.41, 5.74) is -0.216. The van der Waals surface area contributed by atoms with Crippen LogP contribution in [0.4, 0.5) is 4.79 Å². The van der Waals surface area contributed by atoms with Gasteiger partial charge in [-0.25, -0.2) is 4.79 Å². The molecule has 1 heterocycles. The molecule has 1 aliphatic heterocycles. The van der Waals surface area contributed by atoms with Crippen molar-refractivity contribution >= 4 is 6.03 Å². The summed E-state index contributed by atoms with van der Waals surface area (Å²) < 4.78 is 0. The Bertz CT molecular complexity index is 296. The predicted octanol–water partition coefficient (Wildman–Crippen LogP) is 1.57. The van der Waals surface area contributed by atoms with Gasteiger partial charge >= 0.3 is 6.03 Å². The molecule has 0 bridgehead atoms. The lowest BCUT2D eigenvalue weighted by Gasteiger charge is -2.30.